The Balaban J connectivity index is 1.59. The highest BCUT2D eigenvalue weighted by atomic mass is 16.5. The number of amides is 2. The van der Waals surface area contributed by atoms with Crippen molar-refractivity contribution in [3.63, 3.8) is 0 Å². The molecule has 0 aromatic heterocycles. The Bertz CT molecular complexity index is 646. The number of carbonyl (C=O) groups excluding carboxylic acids is 2. The Kier molecular flexibility index (Phi) is 6.53. The molecular formula is C22H32N2O3. The van der Waals surface area contributed by atoms with Gasteiger partial charge in [-0.15, -0.1) is 0 Å². The van der Waals surface area contributed by atoms with Crippen molar-refractivity contribution >= 4 is 11.8 Å². The highest BCUT2D eigenvalue weighted by Crippen LogP contribution is 2.39. The fourth-order valence-electron chi connectivity index (χ4n) is 4.30. The maximum Gasteiger partial charge on any atom is 0.248 e. The Hall–Kier alpha value is -1.88. The fraction of sp³-hybridized carbons (Fsp3) is 0.636. The van der Waals surface area contributed by atoms with Gasteiger partial charge in [0.15, 0.2) is 0 Å². The van der Waals surface area contributed by atoms with Crippen molar-refractivity contribution in [2.24, 2.45) is 5.41 Å². The van der Waals surface area contributed by atoms with Gasteiger partial charge >= 0.3 is 0 Å². The standard InChI is InChI=1S/C22H32N2O3/c1-18(2)27-15-21(26)23-13-6-11-22(16-23)12-9-20(25)24(17-22)14-10-19-7-4-3-5-8-19/h3-5,7-8,18H,6,9-17H2,1-2H3. The molecule has 5 heteroatoms. The van der Waals surface area contributed by atoms with Crippen LogP contribution in [0.2, 0.25) is 0 Å². The second-order valence-electron chi connectivity index (χ2n) is 8.33. The van der Waals surface area contributed by atoms with Crippen molar-refractivity contribution < 1.29 is 14.3 Å². The van der Waals surface area contributed by atoms with E-state index in [4.69, 9.17) is 4.74 Å². The third-order valence-corrected chi connectivity index (χ3v) is 5.82. The van der Waals surface area contributed by atoms with Crippen LogP contribution in [0.25, 0.3) is 0 Å². The van der Waals surface area contributed by atoms with Crippen molar-refractivity contribution in [2.45, 2.75) is 52.1 Å². The molecule has 1 spiro atoms. The van der Waals surface area contributed by atoms with Gasteiger partial charge in [-0.3, -0.25) is 9.59 Å². The van der Waals surface area contributed by atoms with Crippen LogP contribution < -0.4 is 0 Å². The van der Waals surface area contributed by atoms with E-state index in [1.807, 2.05) is 41.8 Å². The molecule has 2 aliphatic heterocycles. The molecule has 0 aliphatic carbocycles. The summed E-state index contributed by atoms with van der Waals surface area (Å²) in [4.78, 5) is 28.9. The highest BCUT2D eigenvalue weighted by molar-refractivity contribution is 5.78. The number of rotatable bonds is 6. The van der Waals surface area contributed by atoms with Crippen LogP contribution in [-0.4, -0.2) is 60.5 Å². The first-order chi connectivity index (χ1) is 13.0. The lowest BCUT2D eigenvalue weighted by Crippen LogP contribution is -2.55. The Morgan fingerprint density at radius 1 is 1.19 bits per heavy atom. The zero-order chi connectivity index (χ0) is 19.3. The summed E-state index contributed by atoms with van der Waals surface area (Å²) < 4.78 is 5.50. The number of carbonyl (C=O) groups is 2. The fourth-order valence-corrected chi connectivity index (χ4v) is 4.30. The topological polar surface area (TPSA) is 49.9 Å². The molecule has 3 rings (SSSR count). The smallest absolute Gasteiger partial charge is 0.248 e. The van der Waals surface area contributed by atoms with Crippen molar-refractivity contribution in [1.29, 1.82) is 0 Å². The van der Waals surface area contributed by atoms with Gasteiger partial charge in [-0.05, 0) is 45.1 Å². The van der Waals surface area contributed by atoms with E-state index in [0.29, 0.717) is 6.42 Å². The van der Waals surface area contributed by atoms with E-state index in [1.165, 1.54) is 5.56 Å². The first-order valence-corrected chi connectivity index (χ1v) is 10.2. The van der Waals surface area contributed by atoms with Crippen LogP contribution in [0, 0.1) is 5.41 Å². The largest absolute Gasteiger partial charge is 0.369 e. The molecule has 2 heterocycles. The molecule has 1 aromatic carbocycles. The molecule has 1 aromatic rings. The number of hydrogen-bond acceptors (Lipinski definition) is 3. The van der Waals surface area contributed by atoms with Crippen LogP contribution in [0.5, 0.6) is 0 Å². The van der Waals surface area contributed by atoms with Crippen LogP contribution in [0.1, 0.15) is 45.1 Å². The van der Waals surface area contributed by atoms with E-state index in [9.17, 15) is 9.59 Å². The Labute approximate surface area is 162 Å². The number of ether oxygens (including phenoxy) is 1. The lowest BCUT2D eigenvalue weighted by Gasteiger charge is -2.48. The molecule has 2 saturated heterocycles. The average Bonchev–Trinajstić information content (AvgIpc) is 2.68. The van der Waals surface area contributed by atoms with Gasteiger partial charge in [0.2, 0.25) is 11.8 Å². The molecule has 1 unspecified atom stereocenters. The zero-order valence-corrected chi connectivity index (χ0v) is 16.7. The molecule has 2 amide bonds. The minimum Gasteiger partial charge on any atom is -0.369 e. The summed E-state index contributed by atoms with van der Waals surface area (Å²) in [7, 11) is 0. The second kappa shape index (κ2) is 8.87. The van der Waals surface area contributed by atoms with Gasteiger partial charge in [0, 0.05) is 38.0 Å². The third kappa shape index (κ3) is 5.32. The maximum atomic E-state index is 12.5. The summed E-state index contributed by atoms with van der Waals surface area (Å²) in [5.41, 5.74) is 1.31. The monoisotopic (exact) mass is 372 g/mol. The van der Waals surface area contributed by atoms with E-state index in [0.717, 1.165) is 51.9 Å². The number of hydrogen-bond donors (Lipinski definition) is 0. The summed E-state index contributed by atoms with van der Waals surface area (Å²) >= 11 is 0. The zero-order valence-electron chi connectivity index (χ0n) is 16.7. The molecule has 1 atom stereocenters. The first kappa shape index (κ1) is 19.9. The molecule has 148 valence electrons. The average molecular weight is 373 g/mol. The third-order valence-electron chi connectivity index (χ3n) is 5.82. The highest BCUT2D eigenvalue weighted by Gasteiger charge is 2.42. The maximum absolute atomic E-state index is 12.5. The summed E-state index contributed by atoms with van der Waals surface area (Å²) in [5.74, 6) is 0.332. The van der Waals surface area contributed by atoms with Gasteiger partial charge in [-0.1, -0.05) is 30.3 Å². The first-order valence-electron chi connectivity index (χ1n) is 10.2. The van der Waals surface area contributed by atoms with Gasteiger partial charge in [-0.2, -0.15) is 0 Å². The van der Waals surface area contributed by atoms with Gasteiger partial charge in [-0.25, -0.2) is 0 Å². The lowest BCUT2D eigenvalue weighted by molar-refractivity contribution is -0.146. The molecule has 2 aliphatic rings. The predicted molar refractivity (Wildman–Crippen MR) is 105 cm³/mol. The summed E-state index contributed by atoms with van der Waals surface area (Å²) in [6, 6.07) is 10.3. The Morgan fingerprint density at radius 2 is 1.96 bits per heavy atom. The molecule has 2 fully saturated rings. The van der Waals surface area contributed by atoms with Crippen LogP contribution in [0.4, 0.5) is 0 Å². The molecule has 0 N–H and O–H groups in total. The van der Waals surface area contributed by atoms with E-state index in [1.54, 1.807) is 0 Å². The van der Waals surface area contributed by atoms with Crippen LogP contribution >= 0.6 is 0 Å². The number of benzene rings is 1. The quantitative estimate of drug-likeness (QED) is 0.771. The molecule has 0 radical (unpaired) electrons. The number of piperidine rings is 2. The normalized spacial score (nSPS) is 23.3. The van der Waals surface area contributed by atoms with Crippen molar-refractivity contribution in [3.05, 3.63) is 35.9 Å². The van der Waals surface area contributed by atoms with Crippen molar-refractivity contribution in [2.75, 3.05) is 32.8 Å². The summed E-state index contributed by atoms with van der Waals surface area (Å²) in [6.07, 6.45) is 4.54. The van der Waals surface area contributed by atoms with Crippen LogP contribution in [0.15, 0.2) is 30.3 Å². The predicted octanol–water partition coefficient (Wildman–Crippen LogP) is 2.89. The Morgan fingerprint density at radius 3 is 2.70 bits per heavy atom. The van der Waals surface area contributed by atoms with Crippen LogP contribution in [0.3, 0.4) is 0 Å². The summed E-state index contributed by atoms with van der Waals surface area (Å²) in [6.45, 7) is 7.14. The van der Waals surface area contributed by atoms with E-state index in [-0.39, 0.29) is 29.9 Å². The number of nitrogens with zero attached hydrogens (tertiary/aromatic N) is 2. The number of likely N-dealkylation sites (tertiary alicyclic amines) is 2. The molecule has 27 heavy (non-hydrogen) atoms. The van der Waals surface area contributed by atoms with Gasteiger partial charge in [0.25, 0.3) is 0 Å². The molecule has 5 nitrogen and oxygen atoms in total. The molecular weight excluding hydrogens is 340 g/mol. The molecule has 0 saturated carbocycles. The lowest BCUT2D eigenvalue weighted by atomic mass is 9.73. The van der Waals surface area contributed by atoms with Crippen molar-refractivity contribution in [3.8, 4) is 0 Å². The minimum atomic E-state index is 0.0519. The second-order valence-corrected chi connectivity index (χ2v) is 8.33. The van der Waals surface area contributed by atoms with Crippen LogP contribution in [-0.2, 0) is 20.7 Å². The van der Waals surface area contributed by atoms with Gasteiger partial charge in [0.05, 0.1) is 6.10 Å². The van der Waals surface area contributed by atoms with Crippen molar-refractivity contribution in [1.82, 2.24) is 9.80 Å². The van der Waals surface area contributed by atoms with E-state index < -0.39 is 0 Å². The van der Waals surface area contributed by atoms with E-state index >= 15 is 0 Å². The molecule has 0 bridgehead atoms. The van der Waals surface area contributed by atoms with E-state index in [2.05, 4.69) is 12.1 Å². The SMILES string of the molecule is CC(C)OCC(=O)N1CCCC2(CCC(=O)N(CCc3ccccc3)C2)C1. The summed E-state index contributed by atoms with van der Waals surface area (Å²) in [5, 5.41) is 0. The van der Waals surface area contributed by atoms with Gasteiger partial charge < -0.3 is 14.5 Å². The van der Waals surface area contributed by atoms with Gasteiger partial charge in [0.1, 0.15) is 6.61 Å². The minimum absolute atomic E-state index is 0.0519.